The second kappa shape index (κ2) is 7.59. The van der Waals surface area contributed by atoms with Gasteiger partial charge in [-0.1, -0.05) is 0 Å². The molecule has 1 N–H and O–H groups in total. The number of piperidine rings is 1. The van der Waals surface area contributed by atoms with Crippen LogP contribution in [0.15, 0.2) is 24.5 Å². The third-order valence-corrected chi connectivity index (χ3v) is 5.46. The molecule has 4 heterocycles. The molecule has 0 amide bonds. The summed E-state index contributed by atoms with van der Waals surface area (Å²) in [5.74, 6) is 1.35. The minimum atomic E-state index is -4.45. The van der Waals surface area contributed by atoms with Crippen molar-refractivity contribution >= 4 is 0 Å². The lowest BCUT2D eigenvalue weighted by Crippen LogP contribution is -2.39. The van der Waals surface area contributed by atoms with Crippen LogP contribution in [0.1, 0.15) is 36.7 Å². The molecule has 0 aromatic carbocycles. The third kappa shape index (κ3) is 4.16. The summed E-state index contributed by atoms with van der Waals surface area (Å²) in [5, 5.41) is 3.36. The Bertz CT molecular complexity index is 776. The molecular weight excluding hydrogens is 355 g/mol. The van der Waals surface area contributed by atoms with Crippen LogP contribution in [0.3, 0.4) is 0 Å². The van der Waals surface area contributed by atoms with Gasteiger partial charge in [-0.2, -0.15) is 13.2 Å². The number of alkyl halides is 3. The molecule has 0 unspecified atom stereocenters. The SMILES string of the molecule is FC(F)(F)c1cc(-c2cn(CCN3CCC3)c(C3CCNCC3)n2)ccn1. The van der Waals surface area contributed by atoms with E-state index in [-0.39, 0.29) is 0 Å². The first kappa shape index (κ1) is 18.4. The summed E-state index contributed by atoms with van der Waals surface area (Å²) < 4.78 is 41.2. The fourth-order valence-electron chi connectivity index (χ4n) is 3.75. The van der Waals surface area contributed by atoms with Crippen LogP contribution in [-0.2, 0) is 12.7 Å². The van der Waals surface area contributed by atoms with Crippen LogP contribution in [0.2, 0.25) is 0 Å². The lowest BCUT2D eigenvalue weighted by atomic mass is 9.97. The number of rotatable bonds is 5. The Balaban J connectivity index is 1.63. The molecule has 4 rings (SSSR count). The highest BCUT2D eigenvalue weighted by Crippen LogP contribution is 2.32. The topological polar surface area (TPSA) is 46.0 Å². The van der Waals surface area contributed by atoms with E-state index in [1.165, 1.54) is 12.6 Å². The van der Waals surface area contributed by atoms with Gasteiger partial charge in [0.1, 0.15) is 11.5 Å². The maximum absolute atomic E-state index is 13.0. The quantitative estimate of drug-likeness (QED) is 0.867. The molecule has 0 radical (unpaired) electrons. The van der Waals surface area contributed by atoms with E-state index in [1.807, 2.05) is 6.20 Å². The van der Waals surface area contributed by atoms with Gasteiger partial charge in [-0.05, 0) is 57.6 Å². The zero-order chi connectivity index (χ0) is 18.9. The van der Waals surface area contributed by atoms with Crippen LogP contribution in [0.25, 0.3) is 11.3 Å². The van der Waals surface area contributed by atoms with Crippen LogP contribution < -0.4 is 5.32 Å². The molecule has 5 nitrogen and oxygen atoms in total. The van der Waals surface area contributed by atoms with E-state index in [0.717, 1.165) is 64.0 Å². The average Bonchev–Trinajstić information content (AvgIpc) is 3.05. The van der Waals surface area contributed by atoms with E-state index in [0.29, 0.717) is 17.2 Å². The molecule has 2 aliphatic heterocycles. The van der Waals surface area contributed by atoms with Crippen molar-refractivity contribution in [3.8, 4) is 11.3 Å². The van der Waals surface area contributed by atoms with E-state index in [4.69, 9.17) is 4.98 Å². The monoisotopic (exact) mass is 379 g/mol. The highest BCUT2D eigenvalue weighted by molar-refractivity contribution is 5.59. The molecule has 0 saturated carbocycles. The molecule has 146 valence electrons. The van der Waals surface area contributed by atoms with Crippen LogP contribution >= 0.6 is 0 Å². The molecule has 0 bridgehead atoms. The smallest absolute Gasteiger partial charge is 0.333 e. The van der Waals surface area contributed by atoms with Gasteiger partial charge >= 0.3 is 6.18 Å². The molecule has 0 atom stereocenters. The summed E-state index contributed by atoms with van der Waals surface area (Å²) in [6.45, 7) is 5.94. The predicted octanol–water partition coefficient (Wildman–Crippen LogP) is 3.14. The lowest BCUT2D eigenvalue weighted by Gasteiger charge is -2.31. The van der Waals surface area contributed by atoms with Gasteiger partial charge in [-0.25, -0.2) is 4.98 Å². The fraction of sp³-hybridized carbons (Fsp3) is 0.579. The number of imidazole rings is 1. The zero-order valence-corrected chi connectivity index (χ0v) is 15.2. The van der Waals surface area contributed by atoms with Crippen LogP contribution in [0.5, 0.6) is 0 Å². The maximum Gasteiger partial charge on any atom is 0.433 e. The summed E-state index contributed by atoms with van der Waals surface area (Å²) in [6, 6.07) is 2.69. The number of nitrogens with one attached hydrogen (secondary N) is 1. The Hall–Kier alpha value is -1.93. The van der Waals surface area contributed by atoms with Crippen molar-refractivity contribution < 1.29 is 13.2 Å². The Morgan fingerprint density at radius 1 is 1.15 bits per heavy atom. The number of halogens is 3. The largest absolute Gasteiger partial charge is 0.433 e. The highest BCUT2D eigenvalue weighted by atomic mass is 19.4. The van der Waals surface area contributed by atoms with Crippen molar-refractivity contribution in [3.05, 3.63) is 36.0 Å². The molecule has 27 heavy (non-hydrogen) atoms. The van der Waals surface area contributed by atoms with Crippen LogP contribution in [0, 0.1) is 0 Å². The summed E-state index contributed by atoms with van der Waals surface area (Å²) >= 11 is 0. The second-order valence-electron chi connectivity index (χ2n) is 7.32. The van der Waals surface area contributed by atoms with Gasteiger partial charge < -0.3 is 14.8 Å². The Labute approximate surface area is 156 Å². The van der Waals surface area contributed by atoms with Crippen LogP contribution in [-0.4, -0.2) is 52.2 Å². The van der Waals surface area contributed by atoms with Crippen molar-refractivity contribution in [2.45, 2.75) is 37.9 Å². The van der Waals surface area contributed by atoms with Gasteiger partial charge in [0.2, 0.25) is 0 Å². The van der Waals surface area contributed by atoms with E-state index < -0.39 is 11.9 Å². The Morgan fingerprint density at radius 2 is 1.93 bits per heavy atom. The van der Waals surface area contributed by atoms with Gasteiger partial charge in [-0.3, -0.25) is 4.98 Å². The molecule has 2 saturated heterocycles. The van der Waals surface area contributed by atoms with Gasteiger partial charge in [0.05, 0.1) is 5.69 Å². The van der Waals surface area contributed by atoms with Gasteiger partial charge in [0.25, 0.3) is 0 Å². The summed E-state index contributed by atoms with van der Waals surface area (Å²) in [5.41, 5.74) is 0.189. The summed E-state index contributed by atoms with van der Waals surface area (Å²) in [7, 11) is 0. The maximum atomic E-state index is 13.0. The number of hydrogen-bond donors (Lipinski definition) is 1. The van der Waals surface area contributed by atoms with Crippen LogP contribution in [0.4, 0.5) is 13.2 Å². The molecule has 0 aliphatic carbocycles. The standard InChI is InChI=1S/C19H24F3N5/c20-19(21,22)17-12-15(4-7-24-17)16-13-27(11-10-26-8-1-9-26)18(25-16)14-2-5-23-6-3-14/h4,7,12-14,23H,1-3,5-6,8-11H2. The van der Waals surface area contributed by atoms with E-state index in [1.54, 1.807) is 6.07 Å². The van der Waals surface area contributed by atoms with Crippen molar-refractivity contribution in [3.63, 3.8) is 0 Å². The molecule has 2 aromatic rings. The molecule has 0 spiro atoms. The highest BCUT2D eigenvalue weighted by Gasteiger charge is 2.33. The second-order valence-corrected chi connectivity index (χ2v) is 7.32. The molecule has 2 aromatic heterocycles. The number of hydrogen-bond acceptors (Lipinski definition) is 4. The number of nitrogens with zero attached hydrogens (tertiary/aromatic N) is 4. The minimum absolute atomic E-state index is 0.348. The summed E-state index contributed by atoms with van der Waals surface area (Å²) in [6.07, 6.45) is 1.92. The van der Waals surface area contributed by atoms with Crippen molar-refractivity contribution in [2.24, 2.45) is 0 Å². The first-order chi connectivity index (χ1) is 13.0. The number of likely N-dealkylation sites (tertiary alicyclic amines) is 1. The Morgan fingerprint density at radius 3 is 2.59 bits per heavy atom. The first-order valence-corrected chi connectivity index (χ1v) is 9.54. The van der Waals surface area contributed by atoms with E-state index in [2.05, 4.69) is 19.8 Å². The molecule has 2 aliphatic rings. The van der Waals surface area contributed by atoms with Crippen molar-refractivity contribution in [1.82, 2.24) is 24.8 Å². The Kier molecular flexibility index (Phi) is 5.19. The third-order valence-electron chi connectivity index (χ3n) is 5.46. The number of pyridine rings is 1. The fourth-order valence-corrected chi connectivity index (χ4v) is 3.75. The predicted molar refractivity (Wildman–Crippen MR) is 96.4 cm³/mol. The van der Waals surface area contributed by atoms with E-state index in [9.17, 15) is 13.2 Å². The first-order valence-electron chi connectivity index (χ1n) is 9.54. The van der Waals surface area contributed by atoms with Crippen molar-refractivity contribution in [2.75, 3.05) is 32.7 Å². The van der Waals surface area contributed by atoms with E-state index >= 15 is 0 Å². The summed E-state index contributed by atoms with van der Waals surface area (Å²) in [4.78, 5) is 10.6. The lowest BCUT2D eigenvalue weighted by molar-refractivity contribution is -0.141. The number of aromatic nitrogens is 3. The molecular formula is C19H24F3N5. The normalized spacial score (nSPS) is 19.2. The van der Waals surface area contributed by atoms with Gasteiger partial charge in [0, 0.05) is 37.0 Å². The molecule has 8 heteroatoms. The average molecular weight is 379 g/mol. The zero-order valence-electron chi connectivity index (χ0n) is 15.2. The van der Waals surface area contributed by atoms with Crippen molar-refractivity contribution in [1.29, 1.82) is 0 Å². The minimum Gasteiger partial charge on any atom is -0.333 e. The van der Waals surface area contributed by atoms with Gasteiger partial charge in [-0.15, -0.1) is 0 Å². The molecule has 2 fully saturated rings. The van der Waals surface area contributed by atoms with Gasteiger partial charge in [0.15, 0.2) is 0 Å².